The first-order valence-electron chi connectivity index (χ1n) is 36.9. The number of amides is 1. The van der Waals surface area contributed by atoms with Gasteiger partial charge in [0.2, 0.25) is 5.91 Å². The summed E-state index contributed by atoms with van der Waals surface area (Å²) in [5.41, 5.74) is 0. The second-order valence-corrected chi connectivity index (χ2v) is 27.5. The summed E-state index contributed by atoms with van der Waals surface area (Å²) in [6, 6.07) is -0.855. The molecule has 87 heavy (non-hydrogen) atoms. The summed E-state index contributed by atoms with van der Waals surface area (Å²) in [5.74, 6) is -0.502. The van der Waals surface area contributed by atoms with E-state index in [0.717, 1.165) is 109 Å². The van der Waals surface area contributed by atoms with E-state index < -0.39 is 20.0 Å². The molecule has 0 heterocycles. The van der Waals surface area contributed by atoms with E-state index in [1.54, 1.807) is 0 Å². The van der Waals surface area contributed by atoms with Crippen molar-refractivity contribution in [2.75, 3.05) is 40.9 Å². The van der Waals surface area contributed by atoms with Gasteiger partial charge in [0.1, 0.15) is 19.3 Å². The monoisotopic (exact) mass is 1240 g/mol. The molecule has 0 aromatic rings. The molecule has 2 N–H and O–H groups in total. The number of carbonyl (C=O) groups is 2. The predicted octanol–water partition coefficient (Wildman–Crippen LogP) is 23.7. The van der Waals surface area contributed by atoms with Gasteiger partial charge in [0, 0.05) is 12.8 Å². The number of ether oxygens (including phenoxy) is 1. The van der Waals surface area contributed by atoms with E-state index >= 15 is 0 Å². The van der Waals surface area contributed by atoms with Crippen molar-refractivity contribution in [1.29, 1.82) is 0 Å². The van der Waals surface area contributed by atoms with Gasteiger partial charge in [-0.2, -0.15) is 0 Å². The van der Waals surface area contributed by atoms with Crippen molar-refractivity contribution in [3.8, 4) is 0 Å². The molecule has 0 aliphatic heterocycles. The van der Waals surface area contributed by atoms with Crippen molar-refractivity contribution < 1.29 is 37.3 Å². The van der Waals surface area contributed by atoms with E-state index in [0.29, 0.717) is 17.4 Å². The molecule has 506 valence electrons. The average Bonchev–Trinajstić information content (AvgIpc) is 3.70. The van der Waals surface area contributed by atoms with Crippen molar-refractivity contribution in [2.24, 2.45) is 0 Å². The summed E-state index contributed by atoms with van der Waals surface area (Å²) in [6.07, 6.45) is 88.8. The zero-order chi connectivity index (χ0) is 63.5. The Kier molecular flexibility index (Phi) is 64.0. The average molecular weight is 1240 g/mol. The number of esters is 1. The fourth-order valence-electron chi connectivity index (χ4n) is 10.7. The molecular weight excluding hydrogens is 1100 g/mol. The van der Waals surface area contributed by atoms with Crippen LogP contribution in [0.4, 0.5) is 0 Å². The molecule has 0 aromatic carbocycles. The van der Waals surface area contributed by atoms with Gasteiger partial charge in [-0.25, -0.2) is 4.57 Å². The van der Waals surface area contributed by atoms with E-state index in [2.05, 4.69) is 99.0 Å². The molecule has 3 atom stereocenters. The van der Waals surface area contributed by atoms with Crippen LogP contribution in [-0.4, -0.2) is 74.3 Å². The van der Waals surface area contributed by atoms with E-state index in [-0.39, 0.29) is 31.5 Å². The Morgan fingerprint density at radius 1 is 0.414 bits per heavy atom. The minimum absolute atomic E-state index is 0.0378. The highest BCUT2D eigenvalue weighted by Gasteiger charge is 2.30. The Balaban J connectivity index is 5.08. The van der Waals surface area contributed by atoms with E-state index in [4.69, 9.17) is 13.8 Å². The van der Waals surface area contributed by atoms with Crippen LogP contribution in [0.15, 0.2) is 85.1 Å². The first kappa shape index (κ1) is 84.2. The maximum atomic E-state index is 13.6. The molecule has 0 saturated heterocycles. The molecular formula is C77H142N2O7P+. The first-order valence-corrected chi connectivity index (χ1v) is 38.4. The van der Waals surface area contributed by atoms with Gasteiger partial charge in [0.05, 0.1) is 33.8 Å². The number of hydrogen-bond acceptors (Lipinski definition) is 6. The molecule has 0 aliphatic rings. The third-order valence-corrected chi connectivity index (χ3v) is 17.3. The number of rotatable bonds is 67. The van der Waals surface area contributed by atoms with Gasteiger partial charge < -0.3 is 19.4 Å². The minimum Gasteiger partial charge on any atom is -0.456 e. The molecule has 0 aliphatic carbocycles. The predicted molar refractivity (Wildman–Crippen MR) is 378 cm³/mol. The highest BCUT2D eigenvalue weighted by Crippen LogP contribution is 2.43. The van der Waals surface area contributed by atoms with Gasteiger partial charge in [0.15, 0.2) is 0 Å². The normalized spacial score (nSPS) is 14.0. The van der Waals surface area contributed by atoms with Gasteiger partial charge in [-0.3, -0.25) is 18.6 Å². The van der Waals surface area contributed by atoms with E-state index in [9.17, 15) is 19.0 Å². The van der Waals surface area contributed by atoms with Crippen LogP contribution in [0.25, 0.3) is 0 Å². The van der Waals surface area contributed by atoms with Crippen LogP contribution in [-0.2, 0) is 27.9 Å². The number of likely N-dealkylation sites (N-methyl/N-ethyl adjacent to an activating group) is 1. The number of quaternary nitrogens is 1. The lowest BCUT2D eigenvalue weighted by Gasteiger charge is -2.27. The fourth-order valence-corrected chi connectivity index (χ4v) is 11.4. The van der Waals surface area contributed by atoms with Crippen LogP contribution in [0.1, 0.15) is 342 Å². The standard InChI is InChI=1S/C77H141N2O7P/c1-7-10-13-16-19-22-25-28-30-32-34-36-37-38-39-40-41-43-45-47-49-52-55-58-61-64-67-70-77(81)86-75(68-65-62-59-56-53-50-27-24-21-18-15-12-9-3)74(73-85-87(82,83)84-72-71-79(4,5)6)78-76(80)69-66-63-60-57-54-51-48-46-44-42-35-33-31-29-26-23-20-17-14-11-8-2/h10,13,19,22,28,30,34,36,38-39,41,43,65,68,74-75H,7-9,11-12,14-18,20-21,23-27,29,31-33,35,37,40,42,44-64,66-67,69-73H2,1-6H3,(H-,78,80,82,83)/p+1/b13-10-,22-19-,30-28-,36-34-,39-38-,43-41-,68-65+. The number of unbranched alkanes of at least 4 members (excludes halogenated alkanes) is 39. The van der Waals surface area contributed by atoms with Crippen molar-refractivity contribution in [3.63, 3.8) is 0 Å². The lowest BCUT2D eigenvalue weighted by Crippen LogP contribution is -2.47. The van der Waals surface area contributed by atoms with Gasteiger partial charge in [0.25, 0.3) is 0 Å². The molecule has 0 fully saturated rings. The summed E-state index contributed by atoms with van der Waals surface area (Å²) >= 11 is 0. The molecule has 0 rings (SSSR count). The smallest absolute Gasteiger partial charge is 0.456 e. The Hall–Kier alpha value is -2.81. The molecule has 0 aromatic heterocycles. The molecule has 0 saturated carbocycles. The molecule has 1 amide bonds. The Bertz CT molecular complexity index is 1760. The summed E-state index contributed by atoms with van der Waals surface area (Å²) in [7, 11) is 1.50. The zero-order valence-corrected chi connectivity index (χ0v) is 58.9. The highest BCUT2D eigenvalue weighted by atomic mass is 31.2. The second kappa shape index (κ2) is 66.1. The molecule has 0 radical (unpaired) electrons. The van der Waals surface area contributed by atoms with Crippen molar-refractivity contribution in [2.45, 2.75) is 354 Å². The van der Waals surface area contributed by atoms with Crippen LogP contribution in [0.5, 0.6) is 0 Å². The first-order chi connectivity index (χ1) is 42.4. The van der Waals surface area contributed by atoms with Crippen molar-refractivity contribution in [3.05, 3.63) is 85.1 Å². The van der Waals surface area contributed by atoms with E-state index in [1.807, 2.05) is 33.3 Å². The zero-order valence-electron chi connectivity index (χ0n) is 58.0. The number of allylic oxidation sites excluding steroid dienone is 13. The third kappa shape index (κ3) is 67.4. The summed E-state index contributed by atoms with van der Waals surface area (Å²) in [6.45, 7) is 6.94. The fraction of sp³-hybridized carbons (Fsp3) is 0.792. The van der Waals surface area contributed by atoms with Crippen molar-refractivity contribution >= 4 is 19.7 Å². The maximum absolute atomic E-state index is 13.6. The van der Waals surface area contributed by atoms with Crippen LogP contribution in [0.2, 0.25) is 0 Å². The molecule has 3 unspecified atom stereocenters. The number of nitrogens with one attached hydrogen (secondary N) is 1. The molecule has 0 spiro atoms. The summed E-state index contributed by atoms with van der Waals surface area (Å²) in [4.78, 5) is 38.0. The quantitative estimate of drug-likeness (QED) is 0.0205. The lowest BCUT2D eigenvalue weighted by atomic mass is 10.0. The molecule has 10 heteroatoms. The number of carbonyl (C=O) groups excluding carboxylic acids is 2. The van der Waals surface area contributed by atoms with Gasteiger partial charge in [-0.05, 0) is 83.1 Å². The Morgan fingerprint density at radius 3 is 1.10 bits per heavy atom. The second-order valence-electron chi connectivity index (χ2n) is 26.1. The third-order valence-electron chi connectivity index (χ3n) is 16.3. The molecule has 9 nitrogen and oxygen atoms in total. The van der Waals surface area contributed by atoms with Crippen LogP contribution in [0, 0.1) is 0 Å². The van der Waals surface area contributed by atoms with Gasteiger partial charge in [-0.15, -0.1) is 0 Å². The maximum Gasteiger partial charge on any atom is 0.472 e. The number of phosphoric ester groups is 1. The Labute approximate surface area is 539 Å². The minimum atomic E-state index is -4.46. The van der Waals surface area contributed by atoms with Gasteiger partial charge in [-0.1, -0.05) is 331 Å². The van der Waals surface area contributed by atoms with Crippen molar-refractivity contribution in [1.82, 2.24) is 5.32 Å². The Morgan fingerprint density at radius 2 is 0.736 bits per heavy atom. The summed E-state index contributed by atoms with van der Waals surface area (Å²) in [5, 5.41) is 3.08. The summed E-state index contributed by atoms with van der Waals surface area (Å²) < 4.78 is 30.9. The van der Waals surface area contributed by atoms with Crippen LogP contribution < -0.4 is 5.32 Å². The van der Waals surface area contributed by atoms with E-state index in [1.165, 1.54) is 199 Å². The van der Waals surface area contributed by atoms with Crippen LogP contribution in [0.3, 0.4) is 0 Å². The van der Waals surface area contributed by atoms with Gasteiger partial charge >= 0.3 is 13.8 Å². The lowest BCUT2D eigenvalue weighted by molar-refractivity contribution is -0.870. The largest absolute Gasteiger partial charge is 0.472 e. The number of phosphoric acid groups is 1. The van der Waals surface area contributed by atoms with Crippen LogP contribution >= 0.6 is 7.82 Å². The SMILES string of the molecule is CC/C=C\C/C=C\C/C=C\C/C=C\C/C=C\C/C=C\CCCCCCCCCCC(=O)OC(/C=C/CCCCCCCCCCCCC)C(COP(=O)(O)OCC[N+](C)(C)C)NC(=O)CCCCCCCCCCCCCCCCCCCCCCC. The highest BCUT2D eigenvalue weighted by molar-refractivity contribution is 7.47. The molecule has 0 bridgehead atoms. The topological polar surface area (TPSA) is 111 Å². The number of hydrogen-bond donors (Lipinski definition) is 2. The number of nitrogens with zero attached hydrogens (tertiary/aromatic N) is 1.